The molecular weight excluding hydrogens is 202 g/mol. The minimum atomic E-state index is 0.603. The van der Waals surface area contributed by atoms with E-state index in [4.69, 9.17) is 4.74 Å². The molecule has 1 aromatic heterocycles. The lowest BCUT2D eigenvalue weighted by atomic mass is 10.1. The molecule has 1 aromatic rings. The second-order valence-corrected chi connectivity index (χ2v) is 4.62. The molecule has 0 aromatic carbocycles. The zero-order valence-electron chi connectivity index (χ0n) is 10.1. The van der Waals surface area contributed by atoms with E-state index in [0.717, 1.165) is 18.3 Å². The first-order valence-corrected chi connectivity index (χ1v) is 6.08. The van der Waals surface area contributed by atoms with Gasteiger partial charge < -0.3 is 10.1 Å². The van der Waals surface area contributed by atoms with Gasteiger partial charge in [0.25, 0.3) is 0 Å². The van der Waals surface area contributed by atoms with Crippen LogP contribution in [0.2, 0.25) is 0 Å². The molecule has 16 heavy (non-hydrogen) atoms. The van der Waals surface area contributed by atoms with Crippen LogP contribution in [0.25, 0.3) is 0 Å². The lowest BCUT2D eigenvalue weighted by Gasteiger charge is -2.16. The van der Waals surface area contributed by atoms with Crippen LogP contribution in [0.15, 0.2) is 12.3 Å². The number of methoxy groups -OCH3 is 1. The monoisotopic (exact) mass is 223 g/mol. The Kier molecular flexibility index (Phi) is 3.83. The van der Waals surface area contributed by atoms with Crippen LogP contribution in [0.3, 0.4) is 0 Å². The molecular formula is C12H21N3O. The van der Waals surface area contributed by atoms with Crippen molar-refractivity contribution in [3.8, 4) is 0 Å². The molecule has 4 heteroatoms. The third kappa shape index (κ3) is 2.76. The van der Waals surface area contributed by atoms with Gasteiger partial charge in [0.15, 0.2) is 0 Å². The van der Waals surface area contributed by atoms with Gasteiger partial charge in [0, 0.05) is 25.4 Å². The minimum absolute atomic E-state index is 0.603. The standard InChI is InChI=1S/C12H21N3O/c1-10-4-3-5-11(10)13-12-6-7-15(14-12)8-9-16-2/h6-7,10-11H,3-5,8-9H2,1-2H3,(H,13,14). The van der Waals surface area contributed by atoms with Crippen LogP contribution in [0.1, 0.15) is 26.2 Å². The Morgan fingerprint density at radius 2 is 2.44 bits per heavy atom. The second-order valence-electron chi connectivity index (χ2n) is 4.62. The fraction of sp³-hybridized carbons (Fsp3) is 0.750. The lowest BCUT2D eigenvalue weighted by Crippen LogP contribution is -2.22. The minimum Gasteiger partial charge on any atom is -0.383 e. The molecule has 2 atom stereocenters. The fourth-order valence-corrected chi connectivity index (χ4v) is 2.30. The van der Waals surface area contributed by atoms with E-state index in [2.05, 4.69) is 17.3 Å². The normalized spacial score (nSPS) is 24.9. The summed E-state index contributed by atoms with van der Waals surface area (Å²) in [6.45, 7) is 3.84. The van der Waals surface area contributed by atoms with Gasteiger partial charge in [-0.25, -0.2) is 0 Å². The summed E-state index contributed by atoms with van der Waals surface area (Å²) in [6.07, 6.45) is 5.94. The van der Waals surface area contributed by atoms with Gasteiger partial charge >= 0.3 is 0 Å². The Bertz CT molecular complexity index is 324. The number of nitrogens with zero attached hydrogens (tertiary/aromatic N) is 2. The highest BCUT2D eigenvalue weighted by atomic mass is 16.5. The first-order valence-electron chi connectivity index (χ1n) is 6.08. The van der Waals surface area contributed by atoms with Crippen molar-refractivity contribution in [2.24, 2.45) is 5.92 Å². The van der Waals surface area contributed by atoms with E-state index in [0.29, 0.717) is 12.6 Å². The first-order chi connectivity index (χ1) is 7.79. The predicted octanol–water partition coefficient (Wildman–Crippen LogP) is 2.13. The van der Waals surface area contributed by atoms with E-state index in [1.807, 2.05) is 16.9 Å². The highest BCUT2D eigenvalue weighted by Gasteiger charge is 2.23. The average Bonchev–Trinajstić information content (AvgIpc) is 2.87. The fourth-order valence-electron chi connectivity index (χ4n) is 2.30. The van der Waals surface area contributed by atoms with E-state index in [9.17, 15) is 0 Å². The van der Waals surface area contributed by atoms with E-state index >= 15 is 0 Å². The number of hydrogen-bond donors (Lipinski definition) is 1. The first kappa shape index (κ1) is 11.5. The predicted molar refractivity (Wildman–Crippen MR) is 64.5 cm³/mol. The maximum Gasteiger partial charge on any atom is 0.148 e. The summed E-state index contributed by atoms with van der Waals surface area (Å²) in [5.74, 6) is 1.76. The summed E-state index contributed by atoms with van der Waals surface area (Å²) in [5.41, 5.74) is 0. The molecule has 1 saturated carbocycles. The van der Waals surface area contributed by atoms with Crippen LogP contribution in [0.4, 0.5) is 5.82 Å². The van der Waals surface area contributed by atoms with Gasteiger partial charge in [-0.15, -0.1) is 0 Å². The highest BCUT2D eigenvalue weighted by molar-refractivity contribution is 5.34. The van der Waals surface area contributed by atoms with Gasteiger partial charge in [0.05, 0.1) is 13.2 Å². The summed E-state index contributed by atoms with van der Waals surface area (Å²) < 4.78 is 6.95. The Balaban J connectivity index is 1.87. The zero-order valence-corrected chi connectivity index (χ0v) is 10.1. The smallest absolute Gasteiger partial charge is 0.148 e. The Morgan fingerprint density at radius 3 is 3.12 bits per heavy atom. The maximum absolute atomic E-state index is 5.02. The van der Waals surface area contributed by atoms with E-state index in [1.165, 1.54) is 19.3 Å². The molecule has 90 valence electrons. The van der Waals surface area contributed by atoms with E-state index in [-0.39, 0.29) is 0 Å². The third-order valence-corrected chi connectivity index (χ3v) is 3.36. The van der Waals surface area contributed by atoms with Crippen molar-refractivity contribution in [1.29, 1.82) is 0 Å². The molecule has 1 N–H and O–H groups in total. The zero-order chi connectivity index (χ0) is 11.4. The van der Waals surface area contributed by atoms with E-state index < -0.39 is 0 Å². The Labute approximate surface area is 97.0 Å². The second kappa shape index (κ2) is 5.34. The van der Waals surface area contributed by atoms with Crippen molar-refractivity contribution in [1.82, 2.24) is 9.78 Å². The summed E-state index contributed by atoms with van der Waals surface area (Å²) >= 11 is 0. The van der Waals surface area contributed by atoms with Crippen molar-refractivity contribution in [3.63, 3.8) is 0 Å². The van der Waals surface area contributed by atoms with Crippen molar-refractivity contribution in [2.45, 2.75) is 38.8 Å². The molecule has 0 bridgehead atoms. The molecule has 1 aliphatic rings. The van der Waals surface area contributed by atoms with Crippen LogP contribution in [0.5, 0.6) is 0 Å². The van der Waals surface area contributed by atoms with Crippen molar-refractivity contribution < 1.29 is 4.74 Å². The SMILES string of the molecule is COCCn1ccc(NC2CCCC2C)n1. The molecule has 2 rings (SSSR count). The molecule has 0 radical (unpaired) electrons. The Hall–Kier alpha value is -1.03. The molecule has 1 heterocycles. The molecule has 0 amide bonds. The highest BCUT2D eigenvalue weighted by Crippen LogP contribution is 2.27. The van der Waals surface area contributed by atoms with Crippen LogP contribution >= 0.6 is 0 Å². The third-order valence-electron chi connectivity index (χ3n) is 3.36. The number of ether oxygens (including phenoxy) is 1. The van der Waals surface area contributed by atoms with Gasteiger partial charge in [-0.05, 0) is 18.8 Å². The van der Waals surface area contributed by atoms with Gasteiger partial charge in [-0.2, -0.15) is 5.10 Å². The summed E-state index contributed by atoms with van der Waals surface area (Å²) in [4.78, 5) is 0. The Morgan fingerprint density at radius 1 is 1.56 bits per heavy atom. The van der Waals surface area contributed by atoms with Crippen molar-refractivity contribution in [3.05, 3.63) is 12.3 Å². The number of nitrogens with one attached hydrogen (secondary N) is 1. The molecule has 4 nitrogen and oxygen atoms in total. The average molecular weight is 223 g/mol. The molecule has 0 spiro atoms. The molecule has 1 aliphatic carbocycles. The number of hydrogen-bond acceptors (Lipinski definition) is 3. The van der Waals surface area contributed by atoms with Crippen LogP contribution in [-0.4, -0.2) is 29.5 Å². The van der Waals surface area contributed by atoms with Crippen molar-refractivity contribution in [2.75, 3.05) is 19.0 Å². The van der Waals surface area contributed by atoms with Crippen LogP contribution < -0.4 is 5.32 Å². The molecule has 2 unspecified atom stereocenters. The molecule has 0 saturated heterocycles. The van der Waals surface area contributed by atoms with Crippen molar-refractivity contribution >= 4 is 5.82 Å². The lowest BCUT2D eigenvalue weighted by molar-refractivity contribution is 0.183. The van der Waals surface area contributed by atoms with Gasteiger partial charge in [-0.3, -0.25) is 4.68 Å². The summed E-state index contributed by atoms with van der Waals surface area (Å²) in [7, 11) is 1.71. The number of aromatic nitrogens is 2. The molecule has 1 fully saturated rings. The maximum atomic E-state index is 5.02. The number of anilines is 1. The summed E-state index contributed by atoms with van der Waals surface area (Å²) in [6, 6.07) is 2.64. The quantitative estimate of drug-likeness (QED) is 0.831. The van der Waals surface area contributed by atoms with Gasteiger partial charge in [0.1, 0.15) is 5.82 Å². The number of rotatable bonds is 5. The summed E-state index contributed by atoms with van der Waals surface area (Å²) in [5, 5.41) is 7.99. The van der Waals surface area contributed by atoms with Gasteiger partial charge in [0.2, 0.25) is 0 Å². The van der Waals surface area contributed by atoms with E-state index in [1.54, 1.807) is 7.11 Å². The van der Waals surface area contributed by atoms with Gasteiger partial charge in [-0.1, -0.05) is 13.3 Å². The van der Waals surface area contributed by atoms with Crippen LogP contribution in [-0.2, 0) is 11.3 Å². The topological polar surface area (TPSA) is 39.1 Å². The largest absolute Gasteiger partial charge is 0.383 e. The molecule has 0 aliphatic heterocycles. The van der Waals surface area contributed by atoms with Crippen LogP contribution in [0, 0.1) is 5.92 Å².